The van der Waals surface area contributed by atoms with Crippen LogP contribution in [-0.2, 0) is 10.8 Å². The fourth-order valence-electron chi connectivity index (χ4n) is 9.99. The number of hydrogen-bond donors (Lipinski definition) is 0. The van der Waals surface area contributed by atoms with Crippen molar-refractivity contribution >= 4 is 44.3 Å². The van der Waals surface area contributed by atoms with Gasteiger partial charge >= 0.3 is 0 Å². The molecule has 6 aromatic rings. The van der Waals surface area contributed by atoms with Gasteiger partial charge in [0, 0.05) is 38.9 Å². The van der Waals surface area contributed by atoms with Crippen molar-refractivity contribution in [3.8, 4) is 5.69 Å². The lowest BCUT2D eigenvalue weighted by molar-refractivity contribution is 0.406. The largest absolute Gasteiger partial charge is 0.314 e. The van der Waals surface area contributed by atoms with E-state index in [1.807, 2.05) is 0 Å². The first-order valence-electron chi connectivity index (χ1n) is 18.7. The molecule has 51 heavy (non-hydrogen) atoms. The molecule has 4 aliphatic carbocycles. The second-order valence-corrected chi connectivity index (χ2v) is 16.3. The number of fused-ring (bicyclic) bond motifs is 8. The van der Waals surface area contributed by atoms with Gasteiger partial charge < -0.3 is 9.47 Å². The summed E-state index contributed by atoms with van der Waals surface area (Å²) in [7, 11) is 0. The number of aromatic nitrogens is 1. The van der Waals surface area contributed by atoms with Crippen LogP contribution in [0.15, 0.2) is 151 Å². The van der Waals surface area contributed by atoms with Crippen molar-refractivity contribution in [2.24, 2.45) is 11.8 Å². The number of benzene rings is 5. The molecule has 0 N–H and O–H groups in total. The average molecular weight is 661 g/mol. The maximum atomic E-state index is 2.58. The number of nitrogens with zero attached hydrogens (tertiary/aromatic N) is 2. The smallest absolute Gasteiger partial charge is 0.0542 e. The summed E-state index contributed by atoms with van der Waals surface area (Å²) in [5.41, 5.74) is 17.7. The third-order valence-electron chi connectivity index (χ3n) is 12.7. The van der Waals surface area contributed by atoms with Crippen LogP contribution in [-0.4, -0.2) is 4.57 Å². The lowest BCUT2D eigenvalue weighted by atomic mass is 9.73. The van der Waals surface area contributed by atoms with E-state index in [0.717, 1.165) is 12.8 Å². The molecule has 1 heterocycles. The number of para-hydroxylation sites is 2. The van der Waals surface area contributed by atoms with Crippen LogP contribution in [0.25, 0.3) is 38.6 Å². The topological polar surface area (TPSA) is 8.17 Å². The van der Waals surface area contributed by atoms with E-state index in [0.29, 0.717) is 11.8 Å². The van der Waals surface area contributed by atoms with Crippen LogP contribution in [0.3, 0.4) is 0 Å². The lowest BCUT2D eigenvalue weighted by Gasteiger charge is -2.36. The van der Waals surface area contributed by atoms with Gasteiger partial charge in [0.2, 0.25) is 0 Å². The molecule has 1 aromatic heterocycles. The standard InChI is InChI=1S/C49H44N2/c1-31-19-23-37-39-25-21-35(30-45(39)49(4,5)43(37)27-31)50(34-20-24-38-36-15-9-11-17-42(36)48(2,3)44(38)29-34)33-22-26-47-41(28-33)40-16-10-12-18-46(40)51(47)32-13-7-6-8-14-32/h6-26,28,30-31,44H,27,29H2,1-5H3. The Morgan fingerprint density at radius 3 is 2.24 bits per heavy atom. The van der Waals surface area contributed by atoms with Gasteiger partial charge in [0.15, 0.2) is 0 Å². The first kappa shape index (κ1) is 30.5. The summed E-state index contributed by atoms with van der Waals surface area (Å²) in [5.74, 6) is 0.984. The van der Waals surface area contributed by atoms with Crippen molar-refractivity contribution in [1.29, 1.82) is 0 Å². The van der Waals surface area contributed by atoms with Crippen molar-refractivity contribution in [1.82, 2.24) is 4.57 Å². The van der Waals surface area contributed by atoms with E-state index >= 15 is 0 Å². The van der Waals surface area contributed by atoms with Crippen LogP contribution in [0.4, 0.5) is 11.4 Å². The van der Waals surface area contributed by atoms with Gasteiger partial charge in [0.1, 0.15) is 0 Å². The van der Waals surface area contributed by atoms with E-state index in [4.69, 9.17) is 0 Å². The van der Waals surface area contributed by atoms with E-state index < -0.39 is 0 Å². The first-order valence-corrected chi connectivity index (χ1v) is 18.7. The highest BCUT2D eigenvalue weighted by molar-refractivity contribution is 6.10. The molecule has 5 aromatic carbocycles. The van der Waals surface area contributed by atoms with Crippen molar-refractivity contribution in [3.63, 3.8) is 0 Å². The summed E-state index contributed by atoms with van der Waals surface area (Å²) in [4.78, 5) is 2.58. The van der Waals surface area contributed by atoms with Gasteiger partial charge in [-0.15, -0.1) is 0 Å². The van der Waals surface area contributed by atoms with Crippen molar-refractivity contribution in [3.05, 3.63) is 173 Å². The molecule has 10 rings (SSSR count). The molecule has 2 unspecified atom stereocenters. The normalized spacial score (nSPS) is 20.9. The molecule has 0 amide bonds. The van der Waals surface area contributed by atoms with E-state index in [9.17, 15) is 0 Å². The Hall–Kier alpha value is -5.34. The second kappa shape index (κ2) is 10.8. The van der Waals surface area contributed by atoms with Crippen molar-refractivity contribution < 1.29 is 0 Å². The average Bonchev–Trinajstić information content (AvgIpc) is 3.68. The van der Waals surface area contributed by atoms with Gasteiger partial charge in [-0.3, -0.25) is 0 Å². The van der Waals surface area contributed by atoms with Gasteiger partial charge in [-0.1, -0.05) is 125 Å². The Labute approximate surface area is 301 Å². The fraction of sp³-hybridized carbons (Fsp3) is 0.224. The molecule has 0 saturated carbocycles. The minimum atomic E-state index is -0.0124. The molecule has 4 aliphatic rings. The summed E-state index contributed by atoms with van der Waals surface area (Å²) in [6.07, 6.45) is 11.7. The van der Waals surface area contributed by atoms with E-state index in [-0.39, 0.29) is 10.8 Å². The van der Waals surface area contributed by atoms with Crippen LogP contribution in [0.2, 0.25) is 0 Å². The zero-order valence-corrected chi connectivity index (χ0v) is 30.2. The van der Waals surface area contributed by atoms with Crippen molar-refractivity contribution in [2.45, 2.75) is 58.3 Å². The van der Waals surface area contributed by atoms with Gasteiger partial charge in [-0.05, 0) is 118 Å². The maximum Gasteiger partial charge on any atom is 0.0542 e. The highest BCUT2D eigenvalue weighted by atomic mass is 15.2. The summed E-state index contributed by atoms with van der Waals surface area (Å²) in [6.45, 7) is 12.1. The van der Waals surface area contributed by atoms with Crippen LogP contribution < -0.4 is 4.90 Å². The molecule has 2 heteroatoms. The van der Waals surface area contributed by atoms with Gasteiger partial charge in [0.25, 0.3) is 0 Å². The predicted octanol–water partition coefficient (Wildman–Crippen LogP) is 12.8. The molecule has 0 aliphatic heterocycles. The SMILES string of the molecule is CC1C=CC2=C(C1)C(C)(C)c1cc(N(C3=CC=C4c5ccccc5C(C)(C)C4C3)c3ccc4c(c3)c3ccccc3n4-c3ccccc3)ccc12. The fourth-order valence-corrected chi connectivity index (χ4v) is 9.99. The number of anilines is 2. The molecule has 2 atom stereocenters. The van der Waals surface area contributed by atoms with E-state index in [2.05, 4.69) is 184 Å². The summed E-state index contributed by atoms with van der Waals surface area (Å²) >= 11 is 0. The highest BCUT2D eigenvalue weighted by Gasteiger charge is 2.45. The van der Waals surface area contributed by atoms with E-state index in [1.54, 1.807) is 5.57 Å². The number of allylic oxidation sites excluding steroid dienone is 8. The Kier molecular flexibility index (Phi) is 6.47. The maximum absolute atomic E-state index is 2.58. The molecule has 0 radical (unpaired) electrons. The first-order chi connectivity index (χ1) is 24.7. The van der Waals surface area contributed by atoms with Gasteiger partial charge in [-0.2, -0.15) is 0 Å². The zero-order valence-electron chi connectivity index (χ0n) is 30.2. The predicted molar refractivity (Wildman–Crippen MR) is 216 cm³/mol. The Morgan fingerprint density at radius 1 is 0.647 bits per heavy atom. The molecular weight excluding hydrogens is 617 g/mol. The van der Waals surface area contributed by atoms with Crippen molar-refractivity contribution in [2.75, 3.05) is 4.90 Å². The highest BCUT2D eigenvalue weighted by Crippen LogP contribution is 2.56. The molecular formula is C49H44N2. The monoisotopic (exact) mass is 660 g/mol. The number of hydrogen-bond acceptors (Lipinski definition) is 1. The second-order valence-electron chi connectivity index (χ2n) is 16.3. The van der Waals surface area contributed by atoms with Crippen LogP contribution in [0.5, 0.6) is 0 Å². The van der Waals surface area contributed by atoms with Crippen LogP contribution in [0.1, 0.15) is 69.7 Å². The molecule has 0 bridgehead atoms. The third-order valence-corrected chi connectivity index (χ3v) is 12.7. The van der Waals surface area contributed by atoms with E-state index in [1.165, 1.54) is 78.0 Å². The summed E-state index contributed by atoms with van der Waals surface area (Å²) in [6, 6.07) is 43.1. The Morgan fingerprint density at radius 2 is 1.37 bits per heavy atom. The van der Waals surface area contributed by atoms with Crippen LogP contribution in [0, 0.1) is 11.8 Å². The van der Waals surface area contributed by atoms with Gasteiger partial charge in [-0.25, -0.2) is 0 Å². The van der Waals surface area contributed by atoms with Crippen LogP contribution >= 0.6 is 0 Å². The summed E-state index contributed by atoms with van der Waals surface area (Å²) in [5, 5.41) is 2.55. The molecule has 0 fully saturated rings. The number of rotatable bonds is 4. The minimum absolute atomic E-state index is 0.0124. The third kappa shape index (κ3) is 4.35. The molecule has 0 saturated heterocycles. The molecule has 2 nitrogen and oxygen atoms in total. The quantitative estimate of drug-likeness (QED) is 0.183. The zero-order chi connectivity index (χ0) is 34.6. The summed E-state index contributed by atoms with van der Waals surface area (Å²) < 4.78 is 2.41. The molecule has 0 spiro atoms. The molecule has 250 valence electrons. The minimum Gasteiger partial charge on any atom is -0.314 e. The Bertz CT molecular complexity index is 2550. The lowest BCUT2D eigenvalue weighted by Crippen LogP contribution is -2.29. The van der Waals surface area contributed by atoms with Gasteiger partial charge in [0.05, 0.1) is 11.0 Å². The Balaban J connectivity index is 1.17.